The average Bonchev–Trinajstić information content (AvgIpc) is 2.54. The van der Waals surface area contributed by atoms with Gasteiger partial charge in [-0.05, 0) is 29.0 Å². The van der Waals surface area contributed by atoms with Gasteiger partial charge in [0.1, 0.15) is 5.75 Å². The Hall–Kier alpha value is -3.01. The molecule has 3 rings (SSSR count). The quantitative estimate of drug-likeness (QED) is 0.683. The fraction of sp³-hybridized carbons (Fsp3) is 0.0556. The highest BCUT2D eigenvalue weighted by molar-refractivity contribution is 5.94. The Kier molecular flexibility index (Phi) is 3.66. The summed E-state index contributed by atoms with van der Waals surface area (Å²) < 4.78 is 0. The smallest absolute Gasteiger partial charge is 0.337 e. The number of carboxylic acids is 1. The third-order valence-corrected chi connectivity index (χ3v) is 3.63. The number of carbonyl (C=O) groups is 1. The molecule has 0 unspecified atom stereocenters. The topological polar surface area (TPSA) is 69.6 Å². The summed E-state index contributed by atoms with van der Waals surface area (Å²) in [6.07, 6.45) is 0. The molecule has 0 saturated carbocycles. The zero-order chi connectivity index (χ0) is 15.5. The summed E-state index contributed by atoms with van der Waals surface area (Å²) in [5.41, 5.74) is 1.49. The molecule has 0 radical (unpaired) electrons. The van der Waals surface area contributed by atoms with Crippen molar-refractivity contribution in [1.29, 1.82) is 0 Å². The Labute approximate surface area is 127 Å². The first-order valence-corrected chi connectivity index (χ1v) is 6.92. The van der Waals surface area contributed by atoms with E-state index in [4.69, 9.17) is 0 Å². The molecule has 0 spiro atoms. The molecular weight excluding hydrogens is 278 g/mol. The molecule has 0 aliphatic carbocycles. The Bertz CT molecular complexity index is 843. The number of hydrogen-bond acceptors (Lipinski definition) is 3. The van der Waals surface area contributed by atoms with Crippen LogP contribution >= 0.6 is 0 Å². The van der Waals surface area contributed by atoms with Gasteiger partial charge in [-0.15, -0.1) is 0 Å². The maximum Gasteiger partial charge on any atom is 0.337 e. The predicted molar refractivity (Wildman–Crippen MR) is 86.3 cm³/mol. The van der Waals surface area contributed by atoms with E-state index in [1.165, 1.54) is 0 Å². The van der Waals surface area contributed by atoms with E-state index in [2.05, 4.69) is 5.32 Å². The van der Waals surface area contributed by atoms with Crippen molar-refractivity contribution < 1.29 is 15.0 Å². The van der Waals surface area contributed by atoms with Gasteiger partial charge in [-0.3, -0.25) is 0 Å². The van der Waals surface area contributed by atoms with Crippen molar-refractivity contribution in [3.8, 4) is 5.75 Å². The summed E-state index contributed by atoms with van der Waals surface area (Å²) in [4.78, 5) is 11.2. The van der Waals surface area contributed by atoms with Gasteiger partial charge in [0.15, 0.2) is 0 Å². The minimum atomic E-state index is -0.981. The van der Waals surface area contributed by atoms with Crippen molar-refractivity contribution in [2.45, 2.75) is 6.54 Å². The van der Waals surface area contributed by atoms with Crippen molar-refractivity contribution in [3.63, 3.8) is 0 Å². The summed E-state index contributed by atoms with van der Waals surface area (Å²) in [7, 11) is 0. The molecule has 3 aromatic carbocycles. The van der Waals surface area contributed by atoms with E-state index in [1.54, 1.807) is 30.3 Å². The maximum absolute atomic E-state index is 11.2. The van der Waals surface area contributed by atoms with E-state index in [9.17, 15) is 15.0 Å². The zero-order valence-electron chi connectivity index (χ0n) is 11.8. The monoisotopic (exact) mass is 293 g/mol. The molecule has 0 bridgehead atoms. The van der Waals surface area contributed by atoms with Crippen LogP contribution in [0.2, 0.25) is 0 Å². The van der Waals surface area contributed by atoms with Gasteiger partial charge in [0.25, 0.3) is 0 Å². The third kappa shape index (κ3) is 2.59. The summed E-state index contributed by atoms with van der Waals surface area (Å²) in [6, 6.07) is 18.0. The van der Waals surface area contributed by atoms with Gasteiger partial charge in [0, 0.05) is 17.8 Å². The standard InChI is InChI=1S/C18H15NO3/c20-17-10-9-12-5-1-2-6-13(12)15(17)11-19-16-8-4-3-7-14(16)18(21)22/h1-10,19-20H,11H2,(H,21,22). The molecule has 0 heterocycles. The van der Waals surface area contributed by atoms with Gasteiger partial charge < -0.3 is 15.5 Å². The number of fused-ring (bicyclic) bond motifs is 1. The molecule has 0 atom stereocenters. The summed E-state index contributed by atoms with van der Waals surface area (Å²) >= 11 is 0. The molecule has 110 valence electrons. The largest absolute Gasteiger partial charge is 0.508 e. The number of aromatic hydroxyl groups is 1. The molecule has 3 N–H and O–H groups in total. The molecule has 22 heavy (non-hydrogen) atoms. The minimum absolute atomic E-state index is 0.194. The number of carboxylic acid groups (broad SMARTS) is 1. The Morgan fingerprint density at radius 3 is 2.50 bits per heavy atom. The van der Waals surface area contributed by atoms with Crippen LogP contribution in [-0.2, 0) is 6.54 Å². The van der Waals surface area contributed by atoms with Crippen LogP contribution in [0.3, 0.4) is 0 Å². The van der Waals surface area contributed by atoms with Crippen LogP contribution in [0, 0.1) is 0 Å². The predicted octanol–water partition coefficient (Wildman–Crippen LogP) is 3.86. The summed E-state index contributed by atoms with van der Waals surface area (Å²) in [5, 5.41) is 24.4. The van der Waals surface area contributed by atoms with Crippen molar-refractivity contribution in [2.24, 2.45) is 0 Å². The van der Waals surface area contributed by atoms with E-state index in [0.717, 1.165) is 16.3 Å². The number of anilines is 1. The van der Waals surface area contributed by atoms with Crippen LogP contribution < -0.4 is 5.32 Å². The molecule has 0 saturated heterocycles. The highest BCUT2D eigenvalue weighted by atomic mass is 16.4. The SMILES string of the molecule is O=C(O)c1ccccc1NCc1c(O)ccc2ccccc12. The molecule has 0 amide bonds. The molecule has 0 aliphatic rings. The Morgan fingerprint density at radius 2 is 1.68 bits per heavy atom. The maximum atomic E-state index is 11.2. The highest BCUT2D eigenvalue weighted by Gasteiger charge is 2.11. The van der Waals surface area contributed by atoms with Crippen molar-refractivity contribution >= 4 is 22.4 Å². The van der Waals surface area contributed by atoms with E-state index in [-0.39, 0.29) is 11.3 Å². The second kappa shape index (κ2) is 5.77. The van der Waals surface area contributed by atoms with Gasteiger partial charge in [0.2, 0.25) is 0 Å². The lowest BCUT2D eigenvalue weighted by atomic mass is 10.0. The first-order valence-electron chi connectivity index (χ1n) is 6.92. The minimum Gasteiger partial charge on any atom is -0.508 e. The van der Waals surface area contributed by atoms with Gasteiger partial charge in [0.05, 0.1) is 5.56 Å². The number of nitrogens with one attached hydrogen (secondary N) is 1. The first-order chi connectivity index (χ1) is 10.7. The number of para-hydroxylation sites is 1. The fourth-order valence-electron chi connectivity index (χ4n) is 2.52. The van der Waals surface area contributed by atoms with E-state index in [0.29, 0.717) is 12.2 Å². The molecule has 4 heteroatoms. The second-order valence-electron chi connectivity index (χ2n) is 4.99. The van der Waals surface area contributed by atoms with Crippen LogP contribution in [-0.4, -0.2) is 16.2 Å². The lowest BCUT2D eigenvalue weighted by molar-refractivity contribution is 0.0698. The Balaban J connectivity index is 1.95. The molecule has 0 aromatic heterocycles. The van der Waals surface area contributed by atoms with Crippen molar-refractivity contribution in [2.75, 3.05) is 5.32 Å². The van der Waals surface area contributed by atoms with Crippen LogP contribution in [0.5, 0.6) is 5.75 Å². The lowest BCUT2D eigenvalue weighted by Crippen LogP contribution is -2.06. The van der Waals surface area contributed by atoms with Gasteiger partial charge >= 0.3 is 5.97 Å². The summed E-state index contributed by atoms with van der Waals surface area (Å²) in [5.74, 6) is -0.788. The molecule has 4 nitrogen and oxygen atoms in total. The van der Waals surface area contributed by atoms with Crippen LogP contribution in [0.4, 0.5) is 5.69 Å². The number of rotatable bonds is 4. The zero-order valence-corrected chi connectivity index (χ0v) is 11.8. The number of aromatic carboxylic acids is 1. The van der Waals surface area contributed by atoms with Crippen molar-refractivity contribution in [1.82, 2.24) is 0 Å². The number of phenolic OH excluding ortho intramolecular Hbond substituents is 1. The van der Waals surface area contributed by atoms with Crippen molar-refractivity contribution in [3.05, 3.63) is 71.8 Å². The van der Waals surface area contributed by atoms with Crippen LogP contribution in [0.15, 0.2) is 60.7 Å². The van der Waals surface area contributed by atoms with Gasteiger partial charge in [-0.1, -0.05) is 42.5 Å². The summed E-state index contributed by atoms with van der Waals surface area (Å²) in [6.45, 7) is 0.345. The van der Waals surface area contributed by atoms with E-state index in [1.807, 2.05) is 30.3 Å². The highest BCUT2D eigenvalue weighted by Crippen LogP contribution is 2.28. The normalized spacial score (nSPS) is 10.5. The second-order valence-corrected chi connectivity index (χ2v) is 4.99. The fourth-order valence-corrected chi connectivity index (χ4v) is 2.52. The average molecular weight is 293 g/mol. The molecule has 0 aliphatic heterocycles. The van der Waals surface area contributed by atoms with Crippen LogP contribution in [0.25, 0.3) is 10.8 Å². The first kappa shape index (κ1) is 13.9. The van der Waals surface area contributed by atoms with E-state index >= 15 is 0 Å². The Morgan fingerprint density at radius 1 is 0.955 bits per heavy atom. The van der Waals surface area contributed by atoms with E-state index < -0.39 is 5.97 Å². The third-order valence-electron chi connectivity index (χ3n) is 3.63. The number of benzene rings is 3. The number of hydrogen-bond donors (Lipinski definition) is 3. The molecular formula is C18H15NO3. The molecule has 0 fully saturated rings. The molecule has 3 aromatic rings. The number of phenols is 1. The lowest BCUT2D eigenvalue weighted by Gasteiger charge is -2.13. The van der Waals surface area contributed by atoms with Crippen LogP contribution in [0.1, 0.15) is 15.9 Å². The van der Waals surface area contributed by atoms with Gasteiger partial charge in [-0.25, -0.2) is 4.79 Å². The van der Waals surface area contributed by atoms with Gasteiger partial charge in [-0.2, -0.15) is 0 Å².